The van der Waals surface area contributed by atoms with E-state index in [1.54, 1.807) is 0 Å². The van der Waals surface area contributed by atoms with Gasteiger partial charge >= 0.3 is 0 Å². The van der Waals surface area contributed by atoms with Gasteiger partial charge in [-0.15, -0.1) is 0 Å². The van der Waals surface area contributed by atoms with Gasteiger partial charge in [0.1, 0.15) is 15.7 Å². The summed E-state index contributed by atoms with van der Waals surface area (Å²) >= 11 is 0. The van der Waals surface area contributed by atoms with Gasteiger partial charge in [-0.1, -0.05) is 82.1 Å². The number of rotatable bonds is 3. The first-order chi connectivity index (χ1) is 15.5. The molecule has 2 aliphatic heterocycles. The van der Waals surface area contributed by atoms with Crippen molar-refractivity contribution in [1.82, 2.24) is 10.3 Å². The maximum atomic E-state index is 4.67. The average molecular weight is 432 g/mol. The van der Waals surface area contributed by atoms with E-state index < -0.39 is 0 Å². The molecule has 1 N–H and O–H groups in total. The van der Waals surface area contributed by atoms with Crippen LogP contribution in [0, 0.1) is 5.92 Å². The number of aromatic nitrogens is 1. The smallest absolute Gasteiger partial charge is 0.105 e. The van der Waals surface area contributed by atoms with E-state index in [0.717, 1.165) is 0 Å². The van der Waals surface area contributed by atoms with Gasteiger partial charge in [0.2, 0.25) is 0 Å². The number of fused-ring (bicyclic) bond motifs is 4. The zero-order chi connectivity index (χ0) is 23.5. The molecule has 2 aromatic carbocycles. The van der Waals surface area contributed by atoms with E-state index >= 15 is 0 Å². The van der Waals surface area contributed by atoms with Gasteiger partial charge in [-0.3, -0.25) is 4.98 Å². The number of allylic oxidation sites excluding steroid dienone is 1. The van der Waals surface area contributed by atoms with Gasteiger partial charge in [0, 0.05) is 40.4 Å². The number of pyridine rings is 1. The molecule has 0 amide bonds. The molecule has 3 aliphatic rings. The molecule has 0 radical (unpaired) electrons. The van der Waals surface area contributed by atoms with E-state index in [1.165, 1.54) is 61.8 Å². The quantitative estimate of drug-likeness (QED) is 0.602. The first-order valence-electron chi connectivity index (χ1n) is 12.6. The van der Waals surface area contributed by atoms with E-state index in [-0.39, 0.29) is 16.2 Å². The molecule has 3 atom stereocenters. The highest BCUT2D eigenvalue weighted by Gasteiger charge is 2.51. The fourth-order valence-corrected chi connectivity index (χ4v) is 6.93. The number of benzene rings is 2. The minimum atomic E-state index is -0.135. The van der Waals surface area contributed by atoms with E-state index in [4.69, 9.17) is 0 Å². The summed E-state index contributed by atoms with van der Waals surface area (Å²) in [7, 11) is 4.83. The van der Waals surface area contributed by atoms with Crippen molar-refractivity contribution in [2.24, 2.45) is 5.92 Å². The number of hydrogen-bond donors (Lipinski definition) is 1. The molecule has 3 heterocycles. The van der Waals surface area contributed by atoms with Crippen LogP contribution in [-0.2, 0) is 16.2 Å². The van der Waals surface area contributed by atoms with Crippen molar-refractivity contribution in [3.8, 4) is 0 Å². The number of nitrogens with zero attached hydrogens (tertiary/aromatic N) is 1. The van der Waals surface area contributed by atoms with Crippen molar-refractivity contribution in [3.05, 3.63) is 76.1 Å². The van der Waals surface area contributed by atoms with E-state index in [2.05, 4.69) is 104 Å². The molecule has 0 saturated heterocycles. The summed E-state index contributed by atoms with van der Waals surface area (Å²) in [5, 5.41) is 6.86. The first-order valence-corrected chi connectivity index (χ1v) is 12.6. The monoisotopic (exact) mass is 432 g/mol. The zero-order valence-electron chi connectivity index (χ0n) is 21.4. The second-order valence-electron chi connectivity index (χ2n) is 12.0. The van der Waals surface area contributed by atoms with Crippen LogP contribution in [0.1, 0.15) is 87.3 Å². The lowest BCUT2D eigenvalue weighted by Gasteiger charge is -2.39. The first kappa shape index (κ1) is 21.1. The molecular formula is C29H34B2N2. The molecule has 166 valence electrons. The van der Waals surface area contributed by atoms with Crippen molar-refractivity contribution >= 4 is 37.7 Å². The lowest BCUT2D eigenvalue weighted by molar-refractivity contribution is 0.375. The highest BCUT2D eigenvalue weighted by atomic mass is 15.0. The van der Waals surface area contributed by atoms with Crippen LogP contribution in [0.15, 0.2) is 42.7 Å². The third-order valence-corrected chi connectivity index (χ3v) is 9.91. The third-order valence-electron chi connectivity index (χ3n) is 9.91. The number of hydrogen-bond acceptors (Lipinski definition) is 2. The predicted octanol–water partition coefficient (Wildman–Crippen LogP) is 4.79. The maximum absolute atomic E-state index is 4.67. The number of nitrogens with one attached hydrogen (secondary N) is 1. The summed E-state index contributed by atoms with van der Waals surface area (Å²) in [5.41, 5.74) is 11.1. The van der Waals surface area contributed by atoms with E-state index in [9.17, 15) is 0 Å². The summed E-state index contributed by atoms with van der Waals surface area (Å²) in [6.45, 7) is 14.3. The van der Waals surface area contributed by atoms with Crippen molar-refractivity contribution in [2.45, 2.75) is 70.0 Å². The Morgan fingerprint density at radius 3 is 2.58 bits per heavy atom. The molecular weight excluding hydrogens is 398 g/mol. The predicted molar refractivity (Wildman–Crippen MR) is 145 cm³/mol. The largest absolute Gasteiger partial charge is 0.374 e. The second-order valence-corrected chi connectivity index (χ2v) is 12.0. The minimum Gasteiger partial charge on any atom is -0.374 e. The normalized spacial score (nSPS) is 25.1. The molecule has 0 spiro atoms. The van der Waals surface area contributed by atoms with Gasteiger partial charge in [0.15, 0.2) is 0 Å². The highest BCUT2D eigenvalue weighted by Crippen LogP contribution is 2.60. The van der Waals surface area contributed by atoms with Crippen molar-refractivity contribution < 1.29 is 0 Å². The Hall–Kier alpha value is -2.48. The molecule has 6 rings (SSSR count). The van der Waals surface area contributed by atoms with Crippen LogP contribution in [0.25, 0.3) is 22.0 Å². The Kier molecular flexibility index (Phi) is 4.05. The topological polar surface area (TPSA) is 24.9 Å². The summed E-state index contributed by atoms with van der Waals surface area (Å²) < 4.78 is 0. The summed E-state index contributed by atoms with van der Waals surface area (Å²) in [5.74, 6) is 0.979. The Labute approximate surface area is 200 Å². The van der Waals surface area contributed by atoms with E-state index in [1.807, 2.05) is 6.20 Å². The van der Waals surface area contributed by atoms with Crippen LogP contribution in [0.2, 0.25) is 0 Å². The summed E-state index contributed by atoms with van der Waals surface area (Å²) in [6.07, 6.45) is 5.33. The van der Waals surface area contributed by atoms with Crippen LogP contribution < -0.4 is 5.32 Å². The van der Waals surface area contributed by atoms with Crippen LogP contribution >= 0.6 is 0 Å². The Balaban J connectivity index is 1.74. The molecule has 1 aliphatic carbocycles. The van der Waals surface area contributed by atoms with Crippen molar-refractivity contribution in [2.75, 3.05) is 0 Å². The molecule has 2 bridgehead atoms. The Bertz CT molecular complexity index is 1380. The highest BCUT2D eigenvalue weighted by molar-refractivity contribution is 6.40. The lowest BCUT2D eigenvalue weighted by Crippen LogP contribution is -2.37. The molecule has 4 heteroatoms. The van der Waals surface area contributed by atoms with Gasteiger partial charge in [-0.25, -0.2) is 0 Å². The average Bonchev–Trinajstić information content (AvgIpc) is 3.05. The Morgan fingerprint density at radius 2 is 1.85 bits per heavy atom. The molecule has 0 fully saturated rings. The maximum Gasteiger partial charge on any atom is 0.105 e. The van der Waals surface area contributed by atoms with Gasteiger partial charge in [-0.05, 0) is 46.1 Å². The van der Waals surface area contributed by atoms with Crippen LogP contribution in [0.4, 0.5) is 0 Å². The molecule has 3 unspecified atom stereocenters. The fourth-order valence-electron chi connectivity index (χ4n) is 6.93. The van der Waals surface area contributed by atoms with E-state index in [0.29, 0.717) is 11.8 Å². The minimum absolute atomic E-state index is 0.121. The SMILES string of the molecule is BC(B)(c1ccc2c(c1)C1=C3NC(C)(c4ccc5cncc(c5c43)C1(C)C)C2C)C(C)CC. The fraction of sp³-hybridized carbons (Fsp3) is 0.414. The third kappa shape index (κ3) is 2.40. The van der Waals surface area contributed by atoms with Gasteiger partial charge in [-0.2, -0.15) is 0 Å². The van der Waals surface area contributed by atoms with Crippen LogP contribution in [-0.4, -0.2) is 20.7 Å². The van der Waals surface area contributed by atoms with Gasteiger partial charge in [0.05, 0.1) is 5.54 Å². The van der Waals surface area contributed by atoms with Crippen molar-refractivity contribution in [3.63, 3.8) is 0 Å². The molecule has 0 saturated carbocycles. The summed E-state index contributed by atoms with van der Waals surface area (Å²) in [4.78, 5) is 4.67. The lowest BCUT2D eigenvalue weighted by atomic mass is 9.45. The summed E-state index contributed by atoms with van der Waals surface area (Å²) in [6, 6.07) is 12.0. The van der Waals surface area contributed by atoms with Crippen LogP contribution in [0.5, 0.6) is 0 Å². The van der Waals surface area contributed by atoms with Gasteiger partial charge < -0.3 is 5.32 Å². The Morgan fingerprint density at radius 1 is 1.09 bits per heavy atom. The molecule has 33 heavy (non-hydrogen) atoms. The zero-order valence-corrected chi connectivity index (χ0v) is 21.4. The van der Waals surface area contributed by atoms with Gasteiger partial charge in [0.25, 0.3) is 0 Å². The van der Waals surface area contributed by atoms with Crippen molar-refractivity contribution in [1.29, 1.82) is 0 Å². The molecule has 2 nitrogen and oxygen atoms in total. The standard InChI is InChI=1S/C29H34B2N2/c1-7-15(2)29(30,31)18-9-10-19-16(3)28(6)21-11-8-17-13-32-14-22-23(17)24(21)26(33-28)25(20(19)12-18)27(22,4)5/h8-16,33H,7,30-31H2,1-6H3. The molecule has 1 aromatic heterocycles. The van der Waals surface area contributed by atoms with Crippen LogP contribution in [0.3, 0.4) is 0 Å². The molecule has 3 aromatic rings. The second kappa shape index (κ2) is 6.34.